The SMILES string of the molecule is CC(=O)c1cc(NCC2(C)CCCCC2)ccc1N. The number of anilines is 2. The van der Waals surface area contributed by atoms with E-state index in [0.717, 1.165) is 12.2 Å². The van der Waals surface area contributed by atoms with Crippen LogP contribution in [0.3, 0.4) is 0 Å². The minimum absolute atomic E-state index is 0.0185. The zero-order valence-electron chi connectivity index (χ0n) is 12.0. The summed E-state index contributed by atoms with van der Waals surface area (Å²) in [6, 6.07) is 5.63. The third-order valence-corrected chi connectivity index (χ3v) is 4.21. The van der Waals surface area contributed by atoms with Crippen LogP contribution >= 0.6 is 0 Å². The maximum atomic E-state index is 11.5. The minimum Gasteiger partial charge on any atom is -0.398 e. The largest absolute Gasteiger partial charge is 0.398 e. The monoisotopic (exact) mass is 260 g/mol. The lowest BCUT2D eigenvalue weighted by Crippen LogP contribution is -2.28. The summed E-state index contributed by atoms with van der Waals surface area (Å²) in [5.41, 5.74) is 8.35. The van der Waals surface area contributed by atoms with Crippen LogP contribution in [0.15, 0.2) is 18.2 Å². The fourth-order valence-electron chi connectivity index (χ4n) is 2.87. The molecule has 0 radical (unpaired) electrons. The number of rotatable bonds is 4. The topological polar surface area (TPSA) is 55.1 Å². The molecule has 0 aromatic heterocycles. The molecule has 0 atom stereocenters. The Morgan fingerprint density at radius 2 is 2.00 bits per heavy atom. The molecule has 1 fully saturated rings. The first-order valence-electron chi connectivity index (χ1n) is 7.15. The molecular formula is C16H24N2O. The van der Waals surface area contributed by atoms with Gasteiger partial charge in [0.2, 0.25) is 0 Å². The molecular weight excluding hydrogens is 236 g/mol. The maximum Gasteiger partial charge on any atom is 0.161 e. The molecule has 0 bridgehead atoms. The molecule has 0 amide bonds. The Morgan fingerprint density at radius 1 is 1.32 bits per heavy atom. The smallest absolute Gasteiger partial charge is 0.161 e. The van der Waals surface area contributed by atoms with E-state index in [4.69, 9.17) is 5.73 Å². The van der Waals surface area contributed by atoms with Crippen molar-refractivity contribution in [3.05, 3.63) is 23.8 Å². The molecule has 3 nitrogen and oxygen atoms in total. The Balaban J connectivity index is 2.03. The van der Waals surface area contributed by atoms with Crippen LogP contribution in [-0.2, 0) is 0 Å². The third kappa shape index (κ3) is 3.49. The molecule has 3 N–H and O–H groups in total. The lowest BCUT2D eigenvalue weighted by atomic mass is 9.76. The van der Waals surface area contributed by atoms with Gasteiger partial charge >= 0.3 is 0 Å². The van der Waals surface area contributed by atoms with Gasteiger partial charge in [0.05, 0.1) is 0 Å². The van der Waals surface area contributed by atoms with Crippen LogP contribution in [0.1, 0.15) is 56.3 Å². The number of nitrogens with two attached hydrogens (primary N) is 1. The van der Waals surface area contributed by atoms with Gasteiger partial charge in [-0.3, -0.25) is 4.79 Å². The number of benzene rings is 1. The number of nitrogens with one attached hydrogen (secondary N) is 1. The van der Waals surface area contributed by atoms with Crippen molar-refractivity contribution < 1.29 is 4.79 Å². The van der Waals surface area contributed by atoms with Gasteiger partial charge in [0.1, 0.15) is 0 Å². The normalized spacial score (nSPS) is 18.0. The first-order chi connectivity index (χ1) is 9.00. The number of hydrogen-bond donors (Lipinski definition) is 2. The van der Waals surface area contributed by atoms with Crippen LogP contribution in [0, 0.1) is 5.41 Å². The molecule has 0 spiro atoms. The van der Waals surface area contributed by atoms with Crippen molar-refractivity contribution in [1.82, 2.24) is 0 Å². The first-order valence-corrected chi connectivity index (χ1v) is 7.15. The van der Waals surface area contributed by atoms with Gasteiger partial charge in [0.15, 0.2) is 5.78 Å². The van der Waals surface area contributed by atoms with E-state index < -0.39 is 0 Å². The van der Waals surface area contributed by atoms with Crippen molar-refractivity contribution in [3.8, 4) is 0 Å². The van der Waals surface area contributed by atoms with Crippen molar-refractivity contribution >= 4 is 17.2 Å². The molecule has 0 saturated heterocycles. The second kappa shape index (κ2) is 5.64. The average molecular weight is 260 g/mol. The lowest BCUT2D eigenvalue weighted by molar-refractivity contribution is 0.101. The first kappa shape index (κ1) is 13.9. The minimum atomic E-state index is 0.0185. The van der Waals surface area contributed by atoms with Crippen LogP contribution in [0.4, 0.5) is 11.4 Å². The summed E-state index contributed by atoms with van der Waals surface area (Å²) in [6.07, 6.45) is 6.60. The number of nitrogen functional groups attached to an aromatic ring is 1. The van der Waals surface area contributed by atoms with Crippen LogP contribution in [0.2, 0.25) is 0 Å². The average Bonchev–Trinajstić information content (AvgIpc) is 2.38. The van der Waals surface area contributed by atoms with E-state index in [-0.39, 0.29) is 5.78 Å². The molecule has 1 aromatic carbocycles. The molecule has 19 heavy (non-hydrogen) atoms. The highest BCUT2D eigenvalue weighted by atomic mass is 16.1. The quantitative estimate of drug-likeness (QED) is 0.638. The summed E-state index contributed by atoms with van der Waals surface area (Å²) < 4.78 is 0. The molecule has 0 unspecified atom stereocenters. The van der Waals surface area contributed by atoms with Gasteiger partial charge in [0, 0.05) is 23.5 Å². The van der Waals surface area contributed by atoms with E-state index in [0.29, 0.717) is 16.7 Å². The molecule has 1 aliphatic carbocycles. The van der Waals surface area contributed by atoms with Crippen LogP contribution in [0.5, 0.6) is 0 Å². The van der Waals surface area contributed by atoms with E-state index in [2.05, 4.69) is 12.2 Å². The summed E-state index contributed by atoms with van der Waals surface area (Å²) >= 11 is 0. The molecule has 104 valence electrons. The van der Waals surface area contributed by atoms with Gasteiger partial charge in [-0.1, -0.05) is 26.2 Å². The van der Waals surface area contributed by atoms with E-state index in [1.807, 2.05) is 18.2 Å². The molecule has 1 aromatic rings. The second-order valence-corrected chi connectivity index (χ2v) is 6.08. The standard InChI is InChI=1S/C16H24N2O/c1-12(19)14-10-13(6-7-15(14)17)18-11-16(2)8-4-3-5-9-16/h6-7,10,18H,3-5,8-9,11,17H2,1-2H3. The van der Waals surface area contributed by atoms with Crippen molar-refractivity contribution in [1.29, 1.82) is 0 Å². The maximum absolute atomic E-state index is 11.5. The highest BCUT2D eigenvalue weighted by molar-refractivity contribution is 6.00. The summed E-state index contributed by atoms with van der Waals surface area (Å²) in [5.74, 6) is 0.0185. The van der Waals surface area contributed by atoms with E-state index in [9.17, 15) is 4.79 Å². The Bertz CT molecular complexity index is 462. The number of ketones is 1. The molecule has 2 rings (SSSR count). The van der Waals surface area contributed by atoms with Gasteiger partial charge in [0.25, 0.3) is 0 Å². The van der Waals surface area contributed by atoms with Gasteiger partial charge in [-0.25, -0.2) is 0 Å². The zero-order valence-corrected chi connectivity index (χ0v) is 12.0. The Labute approximate surface area is 115 Å². The van der Waals surface area contributed by atoms with Gasteiger partial charge in [-0.15, -0.1) is 0 Å². The van der Waals surface area contributed by atoms with Crippen molar-refractivity contribution in [2.75, 3.05) is 17.6 Å². The highest BCUT2D eigenvalue weighted by Gasteiger charge is 2.26. The van der Waals surface area contributed by atoms with E-state index in [1.54, 1.807) is 6.92 Å². The van der Waals surface area contributed by atoms with E-state index in [1.165, 1.54) is 32.1 Å². The Hall–Kier alpha value is -1.51. The van der Waals surface area contributed by atoms with Crippen molar-refractivity contribution in [2.24, 2.45) is 5.41 Å². The molecule has 0 aliphatic heterocycles. The summed E-state index contributed by atoms with van der Waals surface area (Å²) in [7, 11) is 0. The molecule has 0 heterocycles. The van der Waals surface area contributed by atoms with Crippen LogP contribution in [0.25, 0.3) is 0 Å². The fraction of sp³-hybridized carbons (Fsp3) is 0.562. The number of carbonyl (C=O) groups excluding carboxylic acids is 1. The van der Waals surface area contributed by atoms with Crippen molar-refractivity contribution in [3.63, 3.8) is 0 Å². The van der Waals surface area contributed by atoms with Gasteiger partial charge in [-0.05, 0) is 43.4 Å². The second-order valence-electron chi connectivity index (χ2n) is 6.08. The summed E-state index contributed by atoms with van der Waals surface area (Å²) in [4.78, 5) is 11.5. The molecule has 3 heteroatoms. The fourth-order valence-corrected chi connectivity index (χ4v) is 2.87. The molecule has 1 aliphatic rings. The number of carbonyl (C=O) groups is 1. The number of hydrogen-bond acceptors (Lipinski definition) is 3. The van der Waals surface area contributed by atoms with Crippen LogP contribution < -0.4 is 11.1 Å². The van der Waals surface area contributed by atoms with E-state index >= 15 is 0 Å². The molecule has 1 saturated carbocycles. The zero-order chi connectivity index (χ0) is 13.9. The summed E-state index contributed by atoms with van der Waals surface area (Å²) in [6.45, 7) is 4.87. The van der Waals surface area contributed by atoms with Gasteiger partial charge in [-0.2, -0.15) is 0 Å². The Kier molecular flexibility index (Phi) is 4.13. The highest BCUT2D eigenvalue weighted by Crippen LogP contribution is 2.35. The third-order valence-electron chi connectivity index (χ3n) is 4.21. The van der Waals surface area contributed by atoms with Gasteiger partial charge < -0.3 is 11.1 Å². The number of Topliss-reactive ketones (excluding diaryl/α,β-unsaturated/α-hetero) is 1. The predicted molar refractivity (Wildman–Crippen MR) is 80.5 cm³/mol. The predicted octanol–water partition coefficient (Wildman–Crippen LogP) is 3.85. The Morgan fingerprint density at radius 3 is 2.63 bits per heavy atom. The van der Waals surface area contributed by atoms with Crippen molar-refractivity contribution in [2.45, 2.75) is 46.0 Å². The summed E-state index contributed by atoms with van der Waals surface area (Å²) in [5, 5.41) is 3.47. The lowest BCUT2D eigenvalue weighted by Gasteiger charge is -2.34. The van der Waals surface area contributed by atoms with Crippen LogP contribution in [-0.4, -0.2) is 12.3 Å².